The molecule has 0 unspecified atom stereocenters. The van der Waals surface area contributed by atoms with Gasteiger partial charge in [0.15, 0.2) is 5.96 Å². The first kappa shape index (κ1) is 14.0. The molecule has 5 nitrogen and oxygen atoms in total. The zero-order chi connectivity index (χ0) is 12.4. The maximum atomic E-state index is 11.1. The van der Waals surface area contributed by atoms with Gasteiger partial charge in [0.2, 0.25) is 0 Å². The van der Waals surface area contributed by atoms with E-state index in [1.807, 2.05) is 19.9 Å². The van der Waals surface area contributed by atoms with Crippen LogP contribution >= 0.6 is 0 Å². The van der Waals surface area contributed by atoms with Crippen LogP contribution in [0.5, 0.6) is 5.75 Å². The van der Waals surface area contributed by atoms with E-state index in [4.69, 9.17) is 16.2 Å². The summed E-state index contributed by atoms with van der Waals surface area (Å²) in [6, 6.07) is 8.71. The van der Waals surface area contributed by atoms with Crippen molar-refractivity contribution < 1.29 is 9.53 Å². The fourth-order valence-electron chi connectivity index (χ4n) is 0.808. The molecule has 0 spiro atoms. The molecule has 0 atom stereocenters. The highest BCUT2D eigenvalue weighted by molar-refractivity contribution is 5.81. The van der Waals surface area contributed by atoms with Crippen molar-refractivity contribution in [3.05, 3.63) is 30.3 Å². The minimum Gasteiger partial charge on any atom is -0.425 e. The summed E-state index contributed by atoms with van der Waals surface area (Å²) in [6.07, 6.45) is 0. The highest BCUT2D eigenvalue weighted by Crippen LogP contribution is 2.08. The Labute approximate surface area is 95.1 Å². The van der Waals surface area contributed by atoms with Crippen LogP contribution < -0.4 is 16.2 Å². The second-order valence-electron chi connectivity index (χ2n) is 2.53. The molecule has 16 heavy (non-hydrogen) atoms. The smallest absolute Gasteiger partial charge is 0.333 e. The Bertz CT molecular complexity index is 332. The van der Waals surface area contributed by atoms with Gasteiger partial charge in [0.05, 0.1) is 0 Å². The summed E-state index contributed by atoms with van der Waals surface area (Å²) in [7, 11) is 0. The molecule has 4 N–H and O–H groups in total. The molecule has 0 heterocycles. The van der Waals surface area contributed by atoms with Gasteiger partial charge in [0.25, 0.3) is 0 Å². The molecule has 1 rings (SSSR count). The number of esters is 1. The number of aliphatic imine (C=N–C) groups is 1. The van der Waals surface area contributed by atoms with Crippen LogP contribution in [0.4, 0.5) is 0 Å². The number of rotatable bonds is 3. The predicted molar refractivity (Wildman–Crippen MR) is 64.1 cm³/mol. The third-order valence-corrected chi connectivity index (χ3v) is 1.37. The van der Waals surface area contributed by atoms with E-state index in [9.17, 15) is 4.79 Å². The summed E-state index contributed by atoms with van der Waals surface area (Å²) >= 11 is 0. The summed E-state index contributed by atoms with van der Waals surface area (Å²) in [4.78, 5) is 14.6. The van der Waals surface area contributed by atoms with Crippen LogP contribution in [0.15, 0.2) is 35.3 Å². The highest BCUT2D eigenvalue weighted by Gasteiger charge is 2.02. The van der Waals surface area contributed by atoms with E-state index in [2.05, 4.69) is 4.99 Å². The molecule has 0 aliphatic carbocycles. The first-order valence-electron chi connectivity index (χ1n) is 4.99. The number of carbonyl (C=O) groups excluding carboxylic acids is 1. The number of nitrogens with zero attached hydrogens (tertiary/aromatic N) is 1. The van der Waals surface area contributed by atoms with Crippen LogP contribution in [0.25, 0.3) is 0 Å². The molecule has 1 aromatic rings. The van der Waals surface area contributed by atoms with E-state index >= 15 is 0 Å². The average Bonchev–Trinajstić information content (AvgIpc) is 2.30. The minimum absolute atomic E-state index is 0.130. The van der Waals surface area contributed by atoms with Crippen molar-refractivity contribution in [3.63, 3.8) is 0 Å². The molecule has 5 heteroatoms. The Balaban J connectivity index is 0.00000106. The maximum Gasteiger partial charge on any atom is 0.333 e. The largest absolute Gasteiger partial charge is 0.425 e. The summed E-state index contributed by atoms with van der Waals surface area (Å²) in [5.74, 6) is -0.150. The van der Waals surface area contributed by atoms with Crippen LogP contribution in [-0.4, -0.2) is 18.5 Å². The molecule has 1 aromatic carbocycles. The average molecular weight is 223 g/mol. The Morgan fingerprint density at radius 1 is 1.25 bits per heavy atom. The van der Waals surface area contributed by atoms with E-state index < -0.39 is 5.97 Å². The number of nitrogens with two attached hydrogens (primary N) is 2. The van der Waals surface area contributed by atoms with Gasteiger partial charge in [-0.3, -0.25) is 0 Å². The molecule has 0 saturated heterocycles. The first-order chi connectivity index (χ1) is 7.68. The van der Waals surface area contributed by atoms with E-state index in [0.29, 0.717) is 5.75 Å². The van der Waals surface area contributed by atoms with E-state index in [1.54, 1.807) is 24.3 Å². The second-order valence-corrected chi connectivity index (χ2v) is 2.53. The Kier molecular flexibility index (Phi) is 7.23. The van der Waals surface area contributed by atoms with Crippen LogP contribution in [0.1, 0.15) is 13.8 Å². The maximum absolute atomic E-state index is 11.1. The molecule has 0 aromatic heterocycles. The van der Waals surface area contributed by atoms with Crippen molar-refractivity contribution in [2.45, 2.75) is 13.8 Å². The van der Waals surface area contributed by atoms with Gasteiger partial charge < -0.3 is 16.2 Å². The van der Waals surface area contributed by atoms with E-state index in [0.717, 1.165) is 0 Å². The van der Waals surface area contributed by atoms with Gasteiger partial charge >= 0.3 is 5.97 Å². The van der Waals surface area contributed by atoms with Gasteiger partial charge in [-0.1, -0.05) is 32.0 Å². The zero-order valence-electron chi connectivity index (χ0n) is 9.51. The molecular formula is C11H17N3O2. The van der Waals surface area contributed by atoms with Crippen molar-refractivity contribution in [2.75, 3.05) is 6.54 Å². The number of guanidine groups is 1. The van der Waals surface area contributed by atoms with Crippen molar-refractivity contribution >= 4 is 11.9 Å². The number of carbonyl (C=O) groups is 1. The lowest BCUT2D eigenvalue weighted by molar-refractivity contribution is -0.132. The van der Waals surface area contributed by atoms with Crippen LogP contribution in [0.3, 0.4) is 0 Å². The fourth-order valence-corrected chi connectivity index (χ4v) is 0.808. The van der Waals surface area contributed by atoms with Crippen LogP contribution in [0, 0.1) is 0 Å². The normalized spacial score (nSPS) is 8.38. The van der Waals surface area contributed by atoms with Crippen LogP contribution in [-0.2, 0) is 4.79 Å². The zero-order valence-corrected chi connectivity index (χ0v) is 9.51. The lowest BCUT2D eigenvalue weighted by atomic mass is 10.3. The third-order valence-electron chi connectivity index (χ3n) is 1.37. The molecule has 0 amide bonds. The summed E-state index contributed by atoms with van der Waals surface area (Å²) in [5.41, 5.74) is 10.1. The van der Waals surface area contributed by atoms with Crippen LogP contribution in [0.2, 0.25) is 0 Å². The number of hydrogen-bond donors (Lipinski definition) is 2. The summed E-state index contributed by atoms with van der Waals surface area (Å²) < 4.78 is 4.91. The molecule has 88 valence electrons. The van der Waals surface area contributed by atoms with Gasteiger partial charge in [-0.15, -0.1) is 0 Å². The Hall–Kier alpha value is -2.04. The SMILES string of the molecule is CC.NC(N)=NCC(=O)Oc1ccccc1. The quantitative estimate of drug-likeness (QED) is 0.344. The first-order valence-corrected chi connectivity index (χ1v) is 4.99. The molecular weight excluding hydrogens is 206 g/mol. The molecule has 0 fully saturated rings. The van der Waals surface area contributed by atoms with Crippen molar-refractivity contribution in [1.29, 1.82) is 0 Å². The molecule has 0 radical (unpaired) electrons. The predicted octanol–water partition coefficient (Wildman–Crippen LogP) is 0.892. The van der Waals surface area contributed by atoms with E-state index in [-0.39, 0.29) is 12.5 Å². The van der Waals surface area contributed by atoms with Crippen molar-refractivity contribution in [1.82, 2.24) is 0 Å². The van der Waals surface area contributed by atoms with Gasteiger partial charge in [0.1, 0.15) is 12.3 Å². The van der Waals surface area contributed by atoms with E-state index in [1.165, 1.54) is 0 Å². The number of benzene rings is 1. The lowest BCUT2D eigenvalue weighted by Crippen LogP contribution is -2.25. The second kappa shape index (κ2) is 8.28. The van der Waals surface area contributed by atoms with Gasteiger partial charge in [0, 0.05) is 0 Å². The Morgan fingerprint density at radius 3 is 2.31 bits per heavy atom. The molecule has 0 aliphatic heterocycles. The highest BCUT2D eigenvalue weighted by atomic mass is 16.5. The fraction of sp³-hybridized carbons (Fsp3) is 0.273. The molecule has 0 bridgehead atoms. The van der Waals surface area contributed by atoms with Gasteiger partial charge in [-0.2, -0.15) is 0 Å². The number of ether oxygens (including phenoxy) is 1. The summed E-state index contributed by atoms with van der Waals surface area (Å²) in [6.45, 7) is 3.83. The molecule has 0 saturated carbocycles. The van der Waals surface area contributed by atoms with Crippen molar-refractivity contribution in [2.24, 2.45) is 16.5 Å². The van der Waals surface area contributed by atoms with Crippen molar-refractivity contribution in [3.8, 4) is 5.75 Å². The number of para-hydroxylation sites is 1. The van der Waals surface area contributed by atoms with Gasteiger partial charge in [-0.05, 0) is 12.1 Å². The van der Waals surface area contributed by atoms with Gasteiger partial charge in [-0.25, -0.2) is 9.79 Å². The Morgan fingerprint density at radius 2 is 1.81 bits per heavy atom. The standard InChI is InChI=1S/C9H11N3O2.C2H6/c10-9(11)12-6-8(13)14-7-4-2-1-3-5-7;1-2/h1-5H,6H2,(H4,10,11,12);1-2H3. The minimum atomic E-state index is -0.496. The third kappa shape index (κ3) is 6.42. The monoisotopic (exact) mass is 223 g/mol. The topological polar surface area (TPSA) is 90.7 Å². The summed E-state index contributed by atoms with van der Waals surface area (Å²) in [5, 5.41) is 0. The number of hydrogen-bond acceptors (Lipinski definition) is 3. The molecule has 0 aliphatic rings. The lowest BCUT2D eigenvalue weighted by Gasteiger charge is -2.00.